The highest BCUT2D eigenvalue weighted by molar-refractivity contribution is 6.30. The molecule has 1 aliphatic heterocycles. The maximum atomic E-state index is 13.8. The summed E-state index contributed by atoms with van der Waals surface area (Å²) in [6.45, 7) is 2.52. The Bertz CT molecular complexity index is 479. The van der Waals surface area contributed by atoms with E-state index in [9.17, 15) is 9.18 Å². The summed E-state index contributed by atoms with van der Waals surface area (Å²) in [6.07, 6.45) is 2.86. The molecule has 1 aromatic carbocycles. The number of amides is 1. The summed E-state index contributed by atoms with van der Waals surface area (Å²) >= 11 is 5.70. The predicted octanol–water partition coefficient (Wildman–Crippen LogP) is 2.82. The zero-order chi connectivity index (χ0) is 14.0. The number of likely N-dealkylation sites (tertiary alicyclic amines) is 1. The Hall–Kier alpha value is -1.13. The molecule has 1 aliphatic rings. The number of piperidine rings is 1. The van der Waals surface area contributed by atoms with E-state index in [4.69, 9.17) is 17.3 Å². The van der Waals surface area contributed by atoms with E-state index in [2.05, 4.69) is 0 Å². The van der Waals surface area contributed by atoms with Crippen LogP contribution < -0.4 is 5.73 Å². The quantitative estimate of drug-likeness (QED) is 0.908. The molecule has 0 aliphatic carbocycles. The Labute approximate surface area is 117 Å². The normalized spacial score (nSPS) is 21.3. The molecule has 1 fully saturated rings. The van der Waals surface area contributed by atoms with Crippen molar-refractivity contribution in [2.75, 3.05) is 6.54 Å². The van der Waals surface area contributed by atoms with Crippen LogP contribution in [0, 0.1) is 5.82 Å². The van der Waals surface area contributed by atoms with Crippen LogP contribution in [0.2, 0.25) is 5.02 Å². The third-order valence-electron chi connectivity index (χ3n) is 3.58. The summed E-state index contributed by atoms with van der Waals surface area (Å²) in [5.41, 5.74) is 5.99. The summed E-state index contributed by atoms with van der Waals surface area (Å²) < 4.78 is 13.8. The molecule has 0 bridgehead atoms. The molecule has 1 heterocycles. The van der Waals surface area contributed by atoms with Gasteiger partial charge in [0, 0.05) is 23.7 Å². The molecule has 2 N–H and O–H groups in total. The van der Waals surface area contributed by atoms with Crippen LogP contribution in [0.3, 0.4) is 0 Å². The lowest BCUT2D eigenvalue weighted by Crippen LogP contribution is -2.51. The zero-order valence-corrected chi connectivity index (χ0v) is 11.7. The Morgan fingerprint density at radius 2 is 2.26 bits per heavy atom. The minimum Gasteiger partial charge on any atom is -0.334 e. The van der Waals surface area contributed by atoms with Crippen LogP contribution in [0.5, 0.6) is 0 Å². The van der Waals surface area contributed by atoms with Crippen LogP contribution in [-0.4, -0.2) is 29.4 Å². The average molecular weight is 285 g/mol. The van der Waals surface area contributed by atoms with E-state index >= 15 is 0 Å². The van der Waals surface area contributed by atoms with Gasteiger partial charge in [-0.05, 0) is 44.4 Å². The topological polar surface area (TPSA) is 46.3 Å². The van der Waals surface area contributed by atoms with Gasteiger partial charge >= 0.3 is 0 Å². The van der Waals surface area contributed by atoms with E-state index in [0.29, 0.717) is 6.54 Å². The number of hydrogen-bond donors (Lipinski definition) is 1. The minimum absolute atomic E-state index is 0.0173. The molecule has 0 saturated carbocycles. The van der Waals surface area contributed by atoms with Crippen LogP contribution in [0.1, 0.15) is 36.5 Å². The van der Waals surface area contributed by atoms with E-state index in [1.54, 1.807) is 4.90 Å². The third-order valence-corrected chi connectivity index (χ3v) is 3.81. The van der Waals surface area contributed by atoms with E-state index in [1.807, 2.05) is 6.92 Å². The van der Waals surface area contributed by atoms with Crippen molar-refractivity contribution >= 4 is 17.5 Å². The zero-order valence-electron chi connectivity index (χ0n) is 10.9. The van der Waals surface area contributed by atoms with Crippen molar-refractivity contribution in [2.24, 2.45) is 5.73 Å². The first kappa shape index (κ1) is 14.3. The van der Waals surface area contributed by atoms with Crippen LogP contribution >= 0.6 is 11.6 Å². The average Bonchev–Trinajstić information content (AvgIpc) is 2.38. The largest absolute Gasteiger partial charge is 0.334 e. The van der Waals surface area contributed by atoms with Crippen molar-refractivity contribution < 1.29 is 9.18 Å². The van der Waals surface area contributed by atoms with Gasteiger partial charge in [0.15, 0.2) is 0 Å². The van der Waals surface area contributed by atoms with Gasteiger partial charge in [-0.25, -0.2) is 4.39 Å². The highest BCUT2D eigenvalue weighted by Crippen LogP contribution is 2.23. The molecule has 0 radical (unpaired) electrons. The maximum Gasteiger partial charge on any atom is 0.257 e. The first-order chi connectivity index (χ1) is 9.00. The fourth-order valence-electron chi connectivity index (χ4n) is 2.57. The smallest absolute Gasteiger partial charge is 0.257 e. The number of halogens is 2. The molecule has 5 heteroatoms. The first-order valence-electron chi connectivity index (χ1n) is 6.52. The number of nitrogens with two attached hydrogens (primary N) is 1. The third kappa shape index (κ3) is 3.07. The summed E-state index contributed by atoms with van der Waals surface area (Å²) in [5.74, 6) is -0.873. The Balaban J connectivity index is 2.26. The van der Waals surface area contributed by atoms with Crippen molar-refractivity contribution in [1.29, 1.82) is 0 Å². The maximum absolute atomic E-state index is 13.8. The van der Waals surface area contributed by atoms with Crippen LogP contribution in [0.25, 0.3) is 0 Å². The number of carbonyl (C=O) groups excluding carboxylic acids is 1. The highest BCUT2D eigenvalue weighted by atomic mass is 35.5. The van der Waals surface area contributed by atoms with Crippen LogP contribution in [-0.2, 0) is 0 Å². The number of rotatable bonds is 2. The van der Waals surface area contributed by atoms with E-state index in [-0.39, 0.29) is 28.6 Å². The second-order valence-corrected chi connectivity index (χ2v) is 5.48. The summed E-state index contributed by atoms with van der Waals surface area (Å²) in [5, 5.41) is 0.288. The van der Waals surface area contributed by atoms with Gasteiger partial charge in [0.05, 0.1) is 5.56 Å². The second kappa shape index (κ2) is 5.88. The molecule has 0 spiro atoms. The van der Waals surface area contributed by atoms with Gasteiger partial charge in [-0.2, -0.15) is 0 Å². The highest BCUT2D eigenvalue weighted by Gasteiger charge is 2.30. The molecule has 3 nitrogen and oxygen atoms in total. The van der Waals surface area contributed by atoms with Crippen molar-refractivity contribution in [2.45, 2.75) is 38.3 Å². The van der Waals surface area contributed by atoms with E-state index in [0.717, 1.165) is 19.3 Å². The van der Waals surface area contributed by atoms with E-state index < -0.39 is 5.82 Å². The molecule has 104 valence electrons. The van der Waals surface area contributed by atoms with Crippen molar-refractivity contribution in [1.82, 2.24) is 4.90 Å². The Kier molecular flexibility index (Phi) is 4.42. The van der Waals surface area contributed by atoms with Gasteiger partial charge < -0.3 is 10.6 Å². The molecule has 1 amide bonds. The lowest BCUT2D eigenvalue weighted by molar-refractivity contribution is 0.0579. The van der Waals surface area contributed by atoms with Crippen LogP contribution in [0.4, 0.5) is 4.39 Å². The van der Waals surface area contributed by atoms with Gasteiger partial charge in [0.1, 0.15) is 5.82 Å². The van der Waals surface area contributed by atoms with Gasteiger partial charge in [0.2, 0.25) is 0 Å². The molecule has 2 rings (SSSR count). The molecule has 19 heavy (non-hydrogen) atoms. The van der Waals surface area contributed by atoms with Gasteiger partial charge in [-0.1, -0.05) is 11.6 Å². The van der Waals surface area contributed by atoms with Crippen molar-refractivity contribution in [3.8, 4) is 0 Å². The van der Waals surface area contributed by atoms with Gasteiger partial charge in [-0.15, -0.1) is 0 Å². The Morgan fingerprint density at radius 3 is 2.89 bits per heavy atom. The predicted molar refractivity (Wildman–Crippen MR) is 73.7 cm³/mol. The monoisotopic (exact) mass is 284 g/mol. The van der Waals surface area contributed by atoms with Gasteiger partial charge in [-0.3, -0.25) is 4.79 Å². The molecule has 1 saturated heterocycles. The first-order valence-corrected chi connectivity index (χ1v) is 6.90. The van der Waals surface area contributed by atoms with E-state index in [1.165, 1.54) is 18.2 Å². The van der Waals surface area contributed by atoms with Crippen LogP contribution in [0.15, 0.2) is 18.2 Å². The minimum atomic E-state index is -0.577. The number of carbonyl (C=O) groups is 1. The molecular weight excluding hydrogens is 267 g/mol. The lowest BCUT2D eigenvalue weighted by Gasteiger charge is -2.38. The lowest BCUT2D eigenvalue weighted by atomic mass is 9.96. The Morgan fingerprint density at radius 1 is 1.53 bits per heavy atom. The second-order valence-electron chi connectivity index (χ2n) is 5.04. The summed E-state index contributed by atoms with van der Waals surface area (Å²) in [6, 6.07) is 4.01. The number of hydrogen-bond acceptors (Lipinski definition) is 2. The summed E-state index contributed by atoms with van der Waals surface area (Å²) in [4.78, 5) is 14.1. The molecule has 1 aromatic rings. The SMILES string of the molecule is C[C@H](N)[C@@H]1CCCCN1C(=O)c1ccc(Cl)cc1F. The summed E-state index contributed by atoms with van der Waals surface area (Å²) in [7, 11) is 0. The number of nitrogens with zero attached hydrogens (tertiary/aromatic N) is 1. The van der Waals surface area contributed by atoms with Crippen molar-refractivity contribution in [3.05, 3.63) is 34.6 Å². The number of benzene rings is 1. The van der Waals surface area contributed by atoms with Gasteiger partial charge in [0.25, 0.3) is 5.91 Å². The molecule has 0 unspecified atom stereocenters. The molecule has 0 aromatic heterocycles. The van der Waals surface area contributed by atoms with Crippen molar-refractivity contribution in [3.63, 3.8) is 0 Å². The molecule has 2 atom stereocenters. The fourth-order valence-corrected chi connectivity index (χ4v) is 2.73. The molecular formula is C14H18ClFN2O. The standard InChI is InChI=1S/C14H18ClFN2O/c1-9(17)13-4-2-3-7-18(13)14(19)11-6-5-10(15)8-12(11)16/h5-6,8-9,13H,2-4,7,17H2,1H3/t9-,13-/m0/s1. The fraction of sp³-hybridized carbons (Fsp3) is 0.500.